The van der Waals surface area contributed by atoms with Crippen molar-refractivity contribution in [1.82, 2.24) is 4.98 Å². The summed E-state index contributed by atoms with van der Waals surface area (Å²) in [5.74, 6) is -0.976. The lowest BCUT2D eigenvalue weighted by atomic mass is 10.2. The molecule has 1 aromatic heterocycles. The number of halogens is 2. The number of hydrogen-bond acceptors (Lipinski definition) is 3. The second-order valence-electron chi connectivity index (χ2n) is 4.33. The Morgan fingerprint density at radius 3 is 2.43 bits per heavy atom. The fraction of sp³-hybridized carbons (Fsp3) is 0.267. The van der Waals surface area contributed by atoms with E-state index < -0.39 is 22.4 Å². The van der Waals surface area contributed by atoms with Crippen LogP contribution in [0, 0.1) is 11.6 Å². The molecule has 0 spiro atoms. The molecule has 0 bridgehead atoms. The van der Waals surface area contributed by atoms with Crippen molar-refractivity contribution >= 4 is 10.8 Å². The SMILES string of the molecule is CCOc1cccc(CS(=O)Cc2c(F)cccc2F)n1. The van der Waals surface area contributed by atoms with Crippen molar-refractivity contribution in [2.45, 2.75) is 18.4 Å². The average Bonchev–Trinajstić information content (AvgIpc) is 2.44. The smallest absolute Gasteiger partial charge is 0.213 e. The first-order valence-electron chi connectivity index (χ1n) is 6.46. The van der Waals surface area contributed by atoms with Crippen LogP contribution in [0.2, 0.25) is 0 Å². The second kappa shape index (κ2) is 7.26. The Morgan fingerprint density at radius 1 is 1.10 bits per heavy atom. The molecule has 0 aliphatic carbocycles. The number of rotatable bonds is 6. The summed E-state index contributed by atoms with van der Waals surface area (Å²) in [5.41, 5.74) is 0.410. The highest BCUT2D eigenvalue weighted by Gasteiger charge is 2.13. The highest BCUT2D eigenvalue weighted by Crippen LogP contribution is 2.16. The molecule has 0 amide bonds. The van der Waals surface area contributed by atoms with Crippen molar-refractivity contribution in [3.8, 4) is 5.88 Å². The maximum absolute atomic E-state index is 13.5. The van der Waals surface area contributed by atoms with E-state index in [1.165, 1.54) is 6.07 Å². The van der Waals surface area contributed by atoms with E-state index in [0.717, 1.165) is 12.1 Å². The first-order valence-corrected chi connectivity index (χ1v) is 7.95. The van der Waals surface area contributed by atoms with E-state index in [0.29, 0.717) is 18.2 Å². The first-order chi connectivity index (χ1) is 10.1. The Kier molecular flexibility index (Phi) is 5.38. The van der Waals surface area contributed by atoms with Gasteiger partial charge in [-0.3, -0.25) is 4.21 Å². The molecule has 21 heavy (non-hydrogen) atoms. The maximum atomic E-state index is 13.5. The zero-order chi connectivity index (χ0) is 15.2. The lowest BCUT2D eigenvalue weighted by molar-refractivity contribution is 0.326. The van der Waals surface area contributed by atoms with Crippen molar-refractivity contribution in [2.75, 3.05) is 6.61 Å². The van der Waals surface area contributed by atoms with Gasteiger partial charge in [0.05, 0.1) is 23.8 Å². The number of pyridine rings is 1. The first kappa shape index (κ1) is 15.6. The van der Waals surface area contributed by atoms with E-state index >= 15 is 0 Å². The zero-order valence-electron chi connectivity index (χ0n) is 11.5. The van der Waals surface area contributed by atoms with Crippen molar-refractivity contribution in [2.24, 2.45) is 0 Å². The third-order valence-electron chi connectivity index (χ3n) is 2.75. The van der Waals surface area contributed by atoms with Gasteiger partial charge < -0.3 is 4.74 Å². The van der Waals surface area contributed by atoms with Gasteiger partial charge in [-0.1, -0.05) is 12.1 Å². The molecule has 0 fully saturated rings. The molecule has 2 rings (SSSR count). The number of hydrogen-bond donors (Lipinski definition) is 0. The van der Waals surface area contributed by atoms with Gasteiger partial charge >= 0.3 is 0 Å². The summed E-state index contributed by atoms with van der Waals surface area (Å²) < 4.78 is 44.3. The monoisotopic (exact) mass is 311 g/mol. The Morgan fingerprint density at radius 2 is 1.76 bits per heavy atom. The minimum atomic E-state index is -1.45. The molecular formula is C15H15F2NO2S. The zero-order valence-corrected chi connectivity index (χ0v) is 12.3. The van der Waals surface area contributed by atoms with Gasteiger partial charge in [0, 0.05) is 22.4 Å². The van der Waals surface area contributed by atoms with Gasteiger partial charge in [-0.05, 0) is 25.1 Å². The summed E-state index contributed by atoms with van der Waals surface area (Å²) >= 11 is 0. The van der Waals surface area contributed by atoms with Crippen LogP contribution >= 0.6 is 0 Å². The average molecular weight is 311 g/mol. The summed E-state index contributed by atoms with van der Waals surface area (Å²) in [6.07, 6.45) is 0. The third kappa shape index (κ3) is 4.32. The van der Waals surface area contributed by atoms with Crippen molar-refractivity contribution in [3.05, 3.63) is 59.3 Å². The summed E-state index contributed by atoms with van der Waals surface area (Å²) in [6, 6.07) is 8.75. The molecule has 1 heterocycles. The molecule has 0 saturated carbocycles. The topological polar surface area (TPSA) is 39.2 Å². The van der Waals surface area contributed by atoms with Gasteiger partial charge in [-0.2, -0.15) is 0 Å². The van der Waals surface area contributed by atoms with Crippen LogP contribution in [-0.2, 0) is 22.3 Å². The molecular weight excluding hydrogens is 296 g/mol. The predicted octanol–water partition coefficient (Wildman–Crippen LogP) is 3.21. The van der Waals surface area contributed by atoms with Gasteiger partial charge in [0.1, 0.15) is 11.6 Å². The third-order valence-corrected chi connectivity index (χ3v) is 3.98. The van der Waals surface area contributed by atoms with Crippen LogP contribution in [-0.4, -0.2) is 15.8 Å². The van der Waals surface area contributed by atoms with Crippen LogP contribution in [0.4, 0.5) is 8.78 Å². The molecule has 2 aromatic rings. The quantitative estimate of drug-likeness (QED) is 0.822. The molecule has 1 aromatic carbocycles. The molecule has 112 valence electrons. The molecule has 0 aliphatic rings. The molecule has 0 aliphatic heterocycles. The molecule has 6 heteroatoms. The summed E-state index contributed by atoms with van der Waals surface area (Å²) in [7, 11) is -1.45. The largest absolute Gasteiger partial charge is 0.478 e. The second-order valence-corrected chi connectivity index (χ2v) is 5.79. The van der Waals surface area contributed by atoms with Gasteiger partial charge in [0.2, 0.25) is 5.88 Å². The maximum Gasteiger partial charge on any atom is 0.213 e. The van der Waals surface area contributed by atoms with E-state index in [9.17, 15) is 13.0 Å². The number of ether oxygens (including phenoxy) is 1. The number of nitrogens with zero attached hydrogens (tertiary/aromatic N) is 1. The predicted molar refractivity (Wildman–Crippen MR) is 77.3 cm³/mol. The minimum Gasteiger partial charge on any atom is -0.478 e. The van der Waals surface area contributed by atoms with Crippen LogP contribution in [0.1, 0.15) is 18.2 Å². The lowest BCUT2D eigenvalue weighted by Crippen LogP contribution is -2.05. The van der Waals surface area contributed by atoms with Crippen LogP contribution in [0.25, 0.3) is 0 Å². The van der Waals surface area contributed by atoms with Crippen LogP contribution in [0.3, 0.4) is 0 Å². The molecule has 1 atom stereocenters. The summed E-state index contributed by atoms with van der Waals surface area (Å²) in [5, 5.41) is 0. The molecule has 0 radical (unpaired) electrons. The Bertz CT molecular complexity index is 629. The van der Waals surface area contributed by atoms with Gasteiger partial charge in [0.25, 0.3) is 0 Å². The van der Waals surface area contributed by atoms with Crippen LogP contribution < -0.4 is 4.74 Å². The molecule has 0 N–H and O–H groups in total. The standard InChI is InChI=1S/C15H15F2NO2S/c1-2-20-15-8-3-5-11(18-15)9-21(19)10-12-13(16)6-4-7-14(12)17/h3-8H,2,9-10H2,1H3. The fourth-order valence-corrected chi connectivity index (χ4v) is 3.00. The Hall–Kier alpha value is -1.82. The molecule has 3 nitrogen and oxygen atoms in total. The van der Waals surface area contributed by atoms with E-state index in [2.05, 4.69) is 4.98 Å². The van der Waals surface area contributed by atoms with Crippen LogP contribution in [0.15, 0.2) is 36.4 Å². The normalized spacial score (nSPS) is 12.1. The van der Waals surface area contributed by atoms with Crippen LogP contribution in [0.5, 0.6) is 5.88 Å². The van der Waals surface area contributed by atoms with E-state index in [1.807, 2.05) is 6.92 Å². The fourth-order valence-electron chi connectivity index (χ4n) is 1.81. The van der Waals surface area contributed by atoms with Gasteiger partial charge in [0.15, 0.2) is 0 Å². The lowest BCUT2D eigenvalue weighted by Gasteiger charge is -2.07. The van der Waals surface area contributed by atoms with E-state index in [1.54, 1.807) is 18.2 Å². The van der Waals surface area contributed by atoms with Crippen molar-refractivity contribution in [3.63, 3.8) is 0 Å². The van der Waals surface area contributed by atoms with E-state index in [4.69, 9.17) is 4.74 Å². The summed E-state index contributed by atoms with van der Waals surface area (Å²) in [6.45, 7) is 2.33. The van der Waals surface area contributed by atoms with Crippen molar-refractivity contribution in [1.29, 1.82) is 0 Å². The highest BCUT2D eigenvalue weighted by atomic mass is 32.2. The summed E-state index contributed by atoms with van der Waals surface area (Å²) in [4.78, 5) is 4.19. The number of aromatic nitrogens is 1. The molecule has 1 unspecified atom stereocenters. The van der Waals surface area contributed by atoms with Crippen molar-refractivity contribution < 1.29 is 17.7 Å². The van der Waals surface area contributed by atoms with Gasteiger partial charge in [-0.15, -0.1) is 0 Å². The van der Waals surface area contributed by atoms with Gasteiger partial charge in [-0.25, -0.2) is 13.8 Å². The minimum absolute atomic E-state index is 0.120. The van der Waals surface area contributed by atoms with E-state index in [-0.39, 0.29) is 17.1 Å². The highest BCUT2D eigenvalue weighted by molar-refractivity contribution is 7.83. The Balaban J connectivity index is 2.06. The molecule has 0 saturated heterocycles. The Labute approximate surface area is 124 Å². The number of benzene rings is 1.